The van der Waals surface area contributed by atoms with E-state index in [1.54, 1.807) is 6.20 Å². The number of rotatable bonds is 6. The van der Waals surface area contributed by atoms with Crippen molar-refractivity contribution in [2.75, 3.05) is 5.32 Å². The number of fused-ring (bicyclic) bond motifs is 1. The number of carbonyl (C=O) groups is 1. The van der Waals surface area contributed by atoms with Crippen molar-refractivity contribution in [3.63, 3.8) is 0 Å². The molecule has 0 bridgehead atoms. The summed E-state index contributed by atoms with van der Waals surface area (Å²) in [5.74, 6) is 0.844. The quantitative estimate of drug-likeness (QED) is 0.573. The van der Waals surface area contributed by atoms with Crippen molar-refractivity contribution in [1.82, 2.24) is 19.3 Å². The molecule has 6 heteroatoms. The number of aromatic nitrogens is 4. The second-order valence-electron chi connectivity index (χ2n) is 6.37. The lowest BCUT2D eigenvalue weighted by molar-refractivity contribution is -0.116. The monoisotopic (exact) mass is 359 g/mol. The zero-order valence-electron chi connectivity index (χ0n) is 15.2. The molecule has 0 spiro atoms. The summed E-state index contributed by atoms with van der Waals surface area (Å²) in [5, 5.41) is 7.29. The summed E-state index contributed by atoms with van der Waals surface area (Å²) >= 11 is 0. The number of benzene rings is 2. The molecule has 0 unspecified atom stereocenters. The van der Waals surface area contributed by atoms with E-state index in [0.717, 1.165) is 34.5 Å². The molecule has 1 N–H and O–H groups in total. The highest BCUT2D eigenvalue weighted by molar-refractivity contribution is 5.92. The number of nitrogens with zero attached hydrogens (tertiary/aromatic N) is 4. The maximum absolute atomic E-state index is 12.8. The fraction of sp³-hybridized carbons (Fsp3) is 0.190. The molecule has 4 aromatic rings. The number of para-hydroxylation sites is 3. The van der Waals surface area contributed by atoms with Crippen LogP contribution >= 0.6 is 0 Å². The minimum absolute atomic E-state index is 0.0687. The summed E-state index contributed by atoms with van der Waals surface area (Å²) in [4.78, 5) is 17.4. The van der Waals surface area contributed by atoms with Gasteiger partial charge in [-0.2, -0.15) is 5.10 Å². The Morgan fingerprint density at radius 1 is 1.07 bits per heavy atom. The molecule has 1 amide bonds. The number of anilines is 1. The van der Waals surface area contributed by atoms with Crippen LogP contribution in [0.5, 0.6) is 0 Å². The molecule has 0 saturated carbocycles. The third-order valence-electron chi connectivity index (χ3n) is 4.53. The summed E-state index contributed by atoms with van der Waals surface area (Å²) < 4.78 is 3.82. The molecule has 0 aliphatic heterocycles. The van der Waals surface area contributed by atoms with E-state index in [1.807, 2.05) is 70.0 Å². The fourth-order valence-corrected chi connectivity index (χ4v) is 3.25. The second kappa shape index (κ2) is 7.45. The number of nitrogens with one attached hydrogen (secondary N) is 1. The lowest BCUT2D eigenvalue weighted by Crippen LogP contribution is -2.21. The average Bonchev–Trinajstić information content (AvgIpc) is 3.31. The molecule has 4 rings (SSSR count). The fourth-order valence-electron chi connectivity index (χ4n) is 3.25. The number of amides is 1. The van der Waals surface area contributed by atoms with Crippen molar-refractivity contribution in [3.8, 4) is 0 Å². The summed E-state index contributed by atoms with van der Waals surface area (Å²) in [5.41, 5.74) is 3.72. The normalized spacial score (nSPS) is 11.0. The molecule has 2 aromatic carbocycles. The minimum atomic E-state index is -0.0687. The van der Waals surface area contributed by atoms with Crippen LogP contribution in [0, 0.1) is 0 Å². The van der Waals surface area contributed by atoms with Crippen LogP contribution in [-0.2, 0) is 24.3 Å². The first kappa shape index (κ1) is 17.0. The van der Waals surface area contributed by atoms with Gasteiger partial charge in [-0.3, -0.25) is 9.48 Å². The molecule has 0 atom stereocenters. The third kappa shape index (κ3) is 3.60. The van der Waals surface area contributed by atoms with Crippen LogP contribution < -0.4 is 5.32 Å². The molecular weight excluding hydrogens is 338 g/mol. The van der Waals surface area contributed by atoms with Crippen LogP contribution in [0.3, 0.4) is 0 Å². The molecular formula is C21H21N5O. The van der Waals surface area contributed by atoms with E-state index >= 15 is 0 Å². The maximum atomic E-state index is 12.8. The Labute approximate surface area is 157 Å². The van der Waals surface area contributed by atoms with Crippen molar-refractivity contribution in [2.24, 2.45) is 0 Å². The number of hydrogen-bond acceptors (Lipinski definition) is 3. The number of hydrogen-bond donors (Lipinski definition) is 1. The van der Waals surface area contributed by atoms with E-state index in [0.29, 0.717) is 6.54 Å². The summed E-state index contributed by atoms with van der Waals surface area (Å²) in [7, 11) is 0. The molecule has 0 radical (unpaired) electrons. The molecule has 0 aliphatic carbocycles. The van der Waals surface area contributed by atoms with Gasteiger partial charge in [-0.15, -0.1) is 0 Å². The van der Waals surface area contributed by atoms with Gasteiger partial charge in [0.1, 0.15) is 12.4 Å². The zero-order chi connectivity index (χ0) is 18.6. The SMILES string of the molecule is CCc1nc2ccccc2n1CC(=O)Nc1ccccc1Cn1cccn1. The van der Waals surface area contributed by atoms with Crippen LogP contribution in [0.4, 0.5) is 5.69 Å². The van der Waals surface area contributed by atoms with E-state index in [2.05, 4.69) is 22.3 Å². The maximum Gasteiger partial charge on any atom is 0.244 e. The Balaban J connectivity index is 1.56. The van der Waals surface area contributed by atoms with E-state index < -0.39 is 0 Å². The second-order valence-corrected chi connectivity index (χ2v) is 6.37. The minimum Gasteiger partial charge on any atom is -0.324 e. The van der Waals surface area contributed by atoms with Gasteiger partial charge in [-0.25, -0.2) is 4.98 Å². The van der Waals surface area contributed by atoms with Crippen LogP contribution in [0.1, 0.15) is 18.3 Å². The Hall–Kier alpha value is -3.41. The first-order valence-corrected chi connectivity index (χ1v) is 9.04. The van der Waals surface area contributed by atoms with Gasteiger partial charge in [0.15, 0.2) is 0 Å². The Bertz CT molecular complexity index is 1070. The van der Waals surface area contributed by atoms with Crippen LogP contribution in [0.15, 0.2) is 67.0 Å². The first-order valence-electron chi connectivity index (χ1n) is 9.04. The van der Waals surface area contributed by atoms with Crippen LogP contribution in [0.2, 0.25) is 0 Å². The Kier molecular flexibility index (Phi) is 4.70. The highest BCUT2D eigenvalue weighted by atomic mass is 16.1. The van der Waals surface area contributed by atoms with Crippen molar-refractivity contribution in [3.05, 3.63) is 78.4 Å². The lowest BCUT2D eigenvalue weighted by Gasteiger charge is -2.13. The van der Waals surface area contributed by atoms with Crippen molar-refractivity contribution in [2.45, 2.75) is 26.4 Å². The predicted octanol–water partition coefficient (Wildman–Crippen LogP) is 3.48. The summed E-state index contributed by atoms with van der Waals surface area (Å²) in [6.07, 6.45) is 4.43. The smallest absolute Gasteiger partial charge is 0.244 e. The van der Waals surface area contributed by atoms with Gasteiger partial charge in [0, 0.05) is 24.5 Å². The largest absolute Gasteiger partial charge is 0.324 e. The molecule has 0 saturated heterocycles. The highest BCUT2D eigenvalue weighted by Gasteiger charge is 2.13. The van der Waals surface area contributed by atoms with E-state index in [1.165, 1.54) is 0 Å². The van der Waals surface area contributed by atoms with E-state index in [4.69, 9.17) is 0 Å². The van der Waals surface area contributed by atoms with Crippen molar-refractivity contribution >= 4 is 22.6 Å². The topological polar surface area (TPSA) is 64.7 Å². The molecule has 0 aliphatic rings. The zero-order valence-corrected chi connectivity index (χ0v) is 15.2. The molecule has 136 valence electrons. The highest BCUT2D eigenvalue weighted by Crippen LogP contribution is 2.19. The number of carbonyl (C=O) groups excluding carboxylic acids is 1. The summed E-state index contributed by atoms with van der Waals surface area (Å²) in [6.45, 7) is 2.90. The molecule has 6 nitrogen and oxygen atoms in total. The Morgan fingerprint density at radius 2 is 1.89 bits per heavy atom. The first-order chi connectivity index (χ1) is 13.2. The molecule has 2 heterocycles. The predicted molar refractivity (Wildman–Crippen MR) is 106 cm³/mol. The van der Waals surface area contributed by atoms with Gasteiger partial charge in [-0.1, -0.05) is 37.3 Å². The molecule has 0 fully saturated rings. The lowest BCUT2D eigenvalue weighted by atomic mass is 10.1. The number of aryl methyl sites for hydroxylation is 1. The molecule has 27 heavy (non-hydrogen) atoms. The van der Waals surface area contributed by atoms with Gasteiger partial charge >= 0.3 is 0 Å². The third-order valence-corrected chi connectivity index (χ3v) is 4.53. The Morgan fingerprint density at radius 3 is 2.70 bits per heavy atom. The van der Waals surface area contributed by atoms with Gasteiger partial charge < -0.3 is 9.88 Å². The van der Waals surface area contributed by atoms with E-state index in [9.17, 15) is 4.79 Å². The average molecular weight is 359 g/mol. The van der Waals surface area contributed by atoms with Gasteiger partial charge in [0.25, 0.3) is 0 Å². The number of imidazole rings is 1. The van der Waals surface area contributed by atoms with Gasteiger partial charge in [0.2, 0.25) is 5.91 Å². The van der Waals surface area contributed by atoms with Crippen LogP contribution in [0.25, 0.3) is 11.0 Å². The van der Waals surface area contributed by atoms with Gasteiger partial charge in [-0.05, 0) is 29.8 Å². The standard InChI is InChI=1S/C21H21N5O/c1-2-20-23-18-10-5-6-11-19(18)26(20)15-21(27)24-17-9-4-3-8-16(17)14-25-13-7-12-22-25/h3-13H,2,14-15H2,1H3,(H,24,27). The van der Waals surface area contributed by atoms with Gasteiger partial charge in [0.05, 0.1) is 17.6 Å². The van der Waals surface area contributed by atoms with Crippen molar-refractivity contribution < 1.29 is 4.79 Å². The van der Waals surface area contributed by atoms with E-state index in [-0.39, 0.29) is 12.5 Å². The summed E-state index contributed by atoms with van der Waals surface area (Å²) in [6, 6.07) is 17.6. The van der Waals surface area contributed by atoms with Crippen molar-refractivity contribution in [1.29, 1.82) is 0 Å². The molecule has 2 aromatic heterocycles. The van der Waals surface area contributed by atoms with Crippen LogP contribution in [-0.4, -0.2) is 25.2 Å².